The number of rotatable bonds is 7. The van der Waals surface area contributed by atoms with Crippen LogP contribution in [-0.2, 0) is 23.1 Å². The van der Waals surface area contributed by atoms with Crippen LogP contribution in [0.5, 0.6) is 0 Å². The quantitative estimate of drug-likeness (QED) is 0.463. The molecular formula is C19H34N8O2. The number of aromatic nitrogens is 3. The lowest BCUT2D eigenvalue weighted by molar-refractivity contribution is -0.119. The largest absolute Gasteiger partial charge is 0.379 e. The third kappa shape index (κ3) is 6.40. The van der Waals surface area contributed by atoms with Crippen LogP contribution in [0.3, 0.4) is 0 Å². The summed E-state index contributed by atoms with van der Waals surface area (Å²) in [5.74, 6) is 2.63. The van der Waals surface area contributed by atoms with Gasteiger partial charge in [-0.2, -0.15) is 0 Å². The normalized spacial score (nSPS) is 21.4. The summed E-state index contributed by atoms with van der Waals surface area (Å²) < 4.78 is 7.38. The molecule has 1 amide bonds. The number of aryl methyl sites for hydroxylation is 1. The molecule has 1 unspecified atom stereocenters. The summed E-state index contributed by atoms with van der Waals surface area (Å²) in [6, 6.07) is 0. The van der Waals surface area contributed by atoms with E-state index in [9.17, 15) is 4.79 Å². The zero-order valence-corrected chi connectivity index (χ0v) is 17.6. The SMILES string of the molecule is Cc1nnc(CN=C(NCCN2CCOCC2)N2CCCC(CC(N)=O)C2)n1C. The Labute approximate surface area is 172 Å². The van der Waals surface area contributed by atoms with Crippen molar-refractivity contribution < 1.29 is 9.53 Å². The van der Waals surface area contributed by atoms with Crippen molar-refractivity contribution in [2.75, 3.05) is 52.5 Å². The number of piperidine rings is 1. The summed E-state index contributed by atoms with van der Waals surface area (Å²) in [5.41, 5.74) is 5.42. The van der Waals surface area contributed by atoms with E-state index in [1.54, 1.807) is 0 Å². The standard InChI is InChI=1S/C19H34N8O2/c1-15-23-24-18(25(15)2)13-22-19(21-5-7-26-8-10-29-11-9-26)27-6-3-4-16(14-27)12-17(20)28/h16H,3-14H2,1-2H3,(H2,20,28)(H,21,22). The van der Waals surface area contributed by atoms with Gasteiger partial charge in [0.05, 0.1) is 13.2 Å². The van der Waals surface area contributed by atoms with Crippen molar-refractivity contribution in [3.05, 3.63) is 11.6 Å². The zero-order valence-electron chi connectivity index (χ0n) is 17.6. The number of nitrogens with one attached hydrogen (secondary N) is 1. The fraction of sp³-hybridized carbons (Fsp3) is 0.789. The van der Waals surface area contributed by atoms with E-state index >= 15 is 0 Å². The minimum Gasteiger partial charge on any atom is -0.379 e. The number of nitrogens with two attached hydrogens (primary N) is 1. The molecule has 29 heavy (non-hydrogen) atoms. The van der Waals surface area contributed by atoms with Crippen molar-refractivity contribution in [2.45, 2.75) is 32.7 Å². The van der Waals surface area contributed by atoms with Crippen molar-refractivity contribution in [3.63, 3.8) is 0 Å². The van der Waals surface area contributed by atoms with E-state index in [1.165, 1.54) is 0 Å². The summed E-state index contributed by atoms with van der Waals surface area (Å²) in [4.78, 5) is 20.8. The van der Waals surface area contributed by atoms with Gasteiger partial charge in [0.1, 0.15) is 12.4 Å². The Hall–Kier alpha value is -2.20. The van der Waals surface area contributed by atoms with E-state index in [1.807, 2.05) is 18.5 Å². The Balaban J connectivity index is 1.63. The first-order valence-corrected chi connectivity index (χ1v) is 10.5. The van der Waals surface area contributed by atoms with Gasteiger partial charge < -0.3 is 25.3 Å². The molecule has 1 atom stereocenters. The van der Waals surface area contributed by atoms with E-state index in [2.05, 4.69) is 25.3 Å². The molecular weight excluding hydrogens is 372 g/mol. The van der Waals surface area contributed by atoms with Gasteiger partial charge in [0, 0.05) is 52.7 Å². The number of morpholine rings is 1. The van der Waals surface area contributed by atoms with Crippen molar-refractivity contribution in [2.24, 2.45) is 23.7 Å². The van der Waals surface area contributed by atoms with Crippen LogP contribution in [0, 0.1) is 12.8 Å². The van der Waals surface area contributed by atoms with Crippen molar-refractivity contribution in [1.29, 1.82) is 0 Å². The van der Waals surface area contributed by atoms with E-state index < -0.39 is 0 Å². The molecule has 3 N–H and O–H groups in total. The number of guanidine groups is 1. The van der Waals surface area contributed by atoms with Crippen LogP contribution in [0.1, 0.15) is 30.9 Å². The Kier molecular flexibility index (Phi) is 7.82. The Morgan fingerprint density at radius 2 is 2.10 bits per heavy atom. The Bertz CT molecular complexity index is 698. The van der Waals surface area contributed by atoms with Crippen LogP contribution in [0.25, 0.3) is 0 Å². The van der Waals surface area contributed by atoms with E-state index in [4.69, 9.17) is 15.5 Å². The van der Waals surface area contributed by atoms with Gasteiger partial charge in [-0.05, 0) is 25.7 Å². The average molecular weight is 407 g/mol. The summed E-state index contributed by atoms with van der Waals surface area (Å²) >= 11 is 0. The number of nitrogens with zero attached hydrogens (tertiary/aromatic N) is 6. The number of likely N-dealkylation sites (tertiary alicyclic amines) is 1. The van der Waals surface area contributed by atoms with Gasteiger partial charge in [0.15, 0.2) is 11.8 Å². The average Bonchev–Trinajstić information content (AvgIpc) is 3.03. The highest BCUT2D eigenvalue weighted by Gasteiger charge is 2.24. The fourth-order valence-corrected chi connectivity index (χ4v) is 3.86. The van der Waals surface area contributed by atoms with Crippen LogP contribution >= 0.6 is 0 Å². The lowest BCUT2D eigenvalue weighted by Crippen LogP contribution is -2.49. The first-order valence-electron chi connectivity index (χ1n) is 10.5. The molecule has 10 heteroatoms. The Morgan fingerprint density at radius 3 is 2.79 bits per heavy atom. The van der Waals surface area contributed by atoms with Crippen LogP contribution in [0.4, 0.5) is 0 Å². The van der Waals surface area contributed by atoms with Crippen LogP contribution in [-0.4, -0.2) is 88.9 Å². The summed E-state index contributed by atoms with van der Waals surface area (Å²) in [6.07, 6.45) is 2.49. The molecule has 0 saturated carbocycles. The highest BCUT2D eigenvalue weighted by Crippen LogP contribution is 2.19. The number of hydrogen-bond donors (Lipinski definition) is 2. The topological polar surface area (TPSA) is 114 Å². The lowest BCUT2D eigenvalue weighted by atomic mass is 9.95. The molecule has 0 radical (unpaired) electrons. The van der Waals surface area contributed by atoms with Crippen molar-refractivity contribution in [1.82, 2.24) is 29.9 Å². The molecule has 0 spiro atoms. The molecule has 1 aromatic heterocycles. The number of amides is 1. The molecule has 2 fully saturated rings. The maximum Gasteiger partial charge on any atom is 0.217 e. The third-order valence-electron chi connectivity index (χ3n) is 5.68. The molecule has 3 rings (SSSR count). The smallest absolute Gasteiger partial charge is 0.217 e. The Morgan fingerprint density at radius 1 is 1.31 bits per heavy atom. The summed E-state index contributed by atoms with van der Waals surface area (Å²) in [5, 5.41) is 11.9. The predicted octanol–water partition coefficient (Wildman–Crippen LogP) is -0.511. The molecule has 2 aliphatic heterocycles. The van der Waals surface area contributed by atoms with Gasteiger partial charge in [-0.1, -0.05) is 0 Å². The fourth-order valence-electron chi connectivity index (χ4n) is 3.86. The predicted molar refractivity (Wildman–Crippen MR) is 110 cm³/mol. The lowest BCUT2D eigenvalue weighted by Gasteiger charge is -2.35. The second-order valence-corrected chi connectivity index (χ2v) is 7.87. The van der Waals surface area contributed by atoms with E-state index in [-0.39, 0.29) is 11.8 Å². The van der Waals surface area contributed by atoms with E-state index in [0.29, 0.717) is 13.0 Å². The molecule has 1 aromatic rings. The maximum atomic E-state index is 11.4. The molecule has 2 aliphatic rings. The number of aliphatic imine (C=N–C) groups is 1. The first-order chi connectivity index (χ1) is 14.0. The van der Waals surface area contributed by atoms with Crippen LogP contribution < -0.4 is 11.1 Å². The van der Waals surface area contributed by atoms with E-state index in [0.717, 1.165) is 82.9 Å². The van der Waals surface area contributed by atoms with Crippen molar-refractivity contribution in [3.8, 4) is 0 Å². The second kappa shape index (κ2) is 10.5. The van der Waals surface area contributed by atoms with Gasteiger partial charge in [0.25, 0.3) is 0 Å². The minimum atomic E-state index is -0.231. The molecule has 0 aromatic carbocycles. The van der Waals surface area contributed by atoms with Crippen molar-refractivity contribution >= 4 is 11.9 Å². The highest BCUT2D eigenvalue weighted by atomic mass is 16.5. The number of carbonyl (C=O) groups excluding carboxylic acids is 1. The molecule has 0 bridgehead atoms. The molecule has 2 saturated heterocycles. The van der Waals surface area contributed by atoms with Gasteiger partial charge in [-0.25, -0.2) is 4.99 Å². The monoisotopic (exact) mass is 406 g/mol. The summed E-state index contributed by atoms with van der Waals surface area (Å²) in [7, 11) is 1.95. The summed E-state index contributed by atoms with van der Waals surface area (Å²) in [6.45, 7) is 9.42. The molecule has 0 aliphatic carbocycles. The third-order valence-corrected chi connectivity index (χ3v) is 5.68. The zero-order chi connectivity index (χ0) is 20.6. The highest BCUT2D eigenvalue weighted by molar-refractivity contribution is 5.80. The molecule has 10 nitrogen and oxygen atoms in total. The minimum absolute atomic E-state index is 0.231. The maximum absolute atomic E-state index is 11.4. The van der Waals surface area contributed by atoms with Gasteiger partial charge in [-0.15, -0.1) is 10.2 Å². The van der Waals surface area contributed by atoms with Gasteiger partial charge in [0.2, 0.25) is 5.91 Å². The van der Waals surface area contributed by atoms with Crippen LogP contribution in [0.15, 0.2) is 4.99 Å². The van der Waals surface area contributed by atoms with Gasteiger partial charge >= 0.3 is 0 Å². The number of primary amides is 1. The first kappa shape index (κ1) is 21.5. The second-order valence-electron chi connectivity index (χ2n) is 7.87. The van der Waals surface area contributed by atoms with Gasteiger partial charge in [-0.3, -0.25) is 9.69 Å². The number of hydrogen-bond acceptors (Lipinski definition) is 6. The number of carbonyl (C=O) groups is 1. The number of ether oxygens (including phenoxy) is 1. The molecule has 162 valence electrons. The molecule has 3 heterocycles. The van der Waals surface area contributed by atoms with Crippen LogP contribution in [0.2, 0.25) is 0 Å².